The highest BCUT2D eigenvalue weighted by Crippen LogP contribution is 2.28. The summed E-state index contributed by atoms with van der Waals surface area (Å²) in [6.07, 6.45) is 7.60. The van der Waals surface area contributed by atoms with Gasteiger partial charge in [0.2, 0.25) is 10.0 Å². The van der Waals surface area contributed by atoms with Crippen LogP contribution in [0.15, 0.2) is 24.3 Å². The Morgan fingerprint density at radius 2 is 1.74 bits per heavy atom. The third-order valence-electron chi connectivity index (χ3n) is 5.29. The summed E-state index contributed by atoms with van der Waals surface area (Å²) in [6.45, 7) is 2.87. The first-order valence-electron chi connectivity index (χ1n) is 9.80. The van der Waals surface area contributed by atoms with Crippen molar-refractivity contribution in [2.24, 2.45) is 0 Å². The van der Waals surface area contributed by atoms with Crippen molar-refractivity contribution >= 4 is 27.4 Å². The molecule has 0 bridgehead atoms. The lowest BCUT2D eigenvalue weighted by Crippen LogP contribution is -2.50. The molecule has 2 aliphatic heterocycles. The molecule has 0 spiro atoms. The summed E-state index contributed by atoms with van der Waals surface area (Å²) >= 11 is 0. The number of piperidine rings is 1. The standard InChI is InChI=1S/C19H30N4O3S/c1-27(25,26)23-14-8-9-16(15-23)20-19(24)21-17-10-4-5-11-18(17)22-12-6-2-3-7-13-22/h4-5,10-11,16H,2-3,6-9,12-15H2,1H3,(H2,20,21,24). The fourth-order valence-corrected chi connectivity index (χ4v) is 4.78. The molecular formula is C19H30N4O3S. The third kappa shape index (κ3) is 5.59. The maximum atomic E-state index is 12.5. The maximum absolute atomic E-state index is 12.5. The molecule has 1 aromatic rings. The van der Waals surface area contributed by atoms with E-state index >= 15 is 0 Å². The van der Waals surface area contributed by atoms with E-state index in [1.165, 1.54) is 36.2 Å². The molecule has 1 atom stereocenters. The average Bonchev–Trinajstić information content (AvgIpc) is 2.91. The number of nitrogens with one attached hydrogen (secondary N) is 2. The second-order valence-corrected chi connectivity index (χ2v) is 9.46. The summed E-state index contributed by atoms with van der Waals surface area (Å²) in [5, 5.41) is 5.91. The summed E-state index contributed by atoms with van der Waals surface area (Å²) < 4.78 is 24.9. The molecule has 27 heavy (non-hydrogen) atoms. The van der Waals surface area contributed by atoms with Crippen LogP contribution in [0, 0.1) is 0 Å². The Kier molecular flexibility index (Phi) is 6.59. The van der Waals surface area contributed by atoms with Crippen molar-refractivity contribution in [2.45, 2.75) is 44.6 Å². The van der Waals surface area contributed by atoms with Gasteiger partial charge in [-0.1, -0.05) is 25.0 Å². The molecule has 3 rings (SSSR count). The van der Waals surface area contributed by atoms with E-state index in [1.54, 1.807) is 0 Å². The zero-order chi connectivity index (χ0) is 19.3. The maximum Gasteiger partial charge on any atom is 0.319 e. The van der Waals surface area contributed by atoms with Gasteiger partial charge in [-0.05, 0) is 37.8 Å². The molecule has 1 aromatic carbocycles. The molecule has 0 aliphatic carbocycles. The molecular weight excluding hydrogens is 364 g/mol. The Morgan fingerprint density at radius 3 is 2.44 bits per heavy atom. The molecule has 0 aromatic heterocycles. The van der Waals surface area contributed by atoms with Gasteiger partial charge < -0.3 is 15.5 Å². The van der Waals surface area contributed by atoms with Crippen molar-refractivity contribution < 1.29 is 13.2 Å². The lowest BCUT2D eigenvalue weighted by molar-refractivity contribution is 0.236. The Hall–Kier alpha value is -1.80. The van der Waals surface area contributed by atoms with Crippen LogP contribution in [-0.4, -0.2) is 57.2 Å². The van der Waals surface area contributed by atoms with Gasteiger partial charge in [-0.25, -0.2) is 17.5 Å². The van der Waals surface area contributed by atoms with Crippen molar-refractivity contribution in [3.8, 4) is 0 Å². The van der Waals surface area contributed by atoms with Gasteiger partial charge in [0.15, 0.2) is 0 Å². The van der Waals surface area contributed by atoms with E-state index in [0.29, 0.717) is 13.1 Å². The molecule has 2 amide bonds. The first-order chi connectivity index (χ1) is 12.9. The molecule has 7 nitrogen and oxygen atoms in total. The van der Waals surface area contributed by atoms with Gasteiger partial charge in [-0.2, -0.15) is 0 Å². The second kappa shape index (κ2) is 8.93. The van der Waals surface area contributed by atoms with Gasteiger partial charge in [-0.15, -0.1) is 0 Å². The Labute approximate surface area is 162 Å². The average molecular weight is 395 g/mol. The Balaban J connectivity index is 1.62. The van der Waals surface area contributed by atoms with Crippen LogP contribution >= 0.6 is 0 Å². The van der Waals surface area contributed by atoms with Gasteiger partial charge in [0.05, 0.1) is 17.6 Å². The molecule has 2 fully saturated rings. The van der Waals surface area contributed by atoms with E-state index in [-0.39, 0.29) is 12.1 Å². The summed E-state index contributed by atoms with van der Waals surface area (Å²) in [4.78, 5) is 14.9. The smallest absolute Gasteiger partial charge is 0.319 e. The minimum atomic E-state index is -3.22. The second-order valence-electron chi connectivity index (χ2n) is 7.48. The molecule has 2 saturated heterocycles. The SMILES string of the molecule is CS(=O)(=O)N1CCCC(NC(=O)Nc2ccccc2N2CCCCCC2)C1. The van der Waals surface area contributed by atoms with E-state index in [2.05, 4.69) is 15.5 Å². The molecule has 0 radical (unpaired) electrons. The molecule has 2 heterocycles. The van der Waals surface area contributed by atoms with Crippen LogP contribution in [0.1, 0.15) is 38.5 Å². The number of sulfonamides is 1. The zero-order valence-electron chi connectivity index (χ0n) is 16.0. The van der Waals surface area contributed by atoms with Crippen LogP contribution in [0.25, 0.3) is 0 Å². The minimum Gasteiger partial charge on any atom is -0.370 e. The third-order valence-corrected chi connectivity index (χ3v) is 6.56. The normalized spacial score (nSPS) is 22.1. The minimum absolute atomic E-state index is 0.168. The Bertz CT molecular complexity index is 745. The van der Waals surface area contributed by atoms with Gasteiger partial charge in [0, 0.05) is 32.2 Å². The lowest BCUT2D eigenvalue weighted by atomic mass is 10.1. The van der Waals surface area contributed by atoms with Crippen molar-refractivity contribution in [2.75, 3.05) is 42.7 Å². The number of anilines is 2. The fraction of sp³-hybridized carbons (Fsp3) is 0.632. The number of benzene rings is 1. The molecule has 2 N–H and O–H groups in total. The highest BCUT2D eigenvalue weighted by Gasteiger charge is 2.27. The molecule has 8 heteroatoms. The molecule has 1 unspecified atom stereocenters. The topological polar surface area (TPSA) is 81.8 Å². The van der Waals surface area contributed by atoms with Gasteiger partial charge >= 0.3 is 6.03 Å². The van der Waals surface area contributed by atoms with Crippen molar-refractivity contribution in [1.82, 2.24) is 9.62 Å². The van der Waals surface area contributed by atoms with Gasteiger partial charge in [0.25, 0.3) is 0 Å². The van der Waals surface area contributed by atoms with Crippen LogP contribution in [0.4, 0.5) is 16.2 Å². The zero-order valence-corrected chi connectivity index (χ0v) is 16.8. The van der Waals surface area contributed by atoms with E-state index in [0.717, 1.165) is 37.3 Å². The van der Waals surface area contributed by atoms with Crippen molar-refractivity contribution in [3.63, 3.8) is 0 Å². The monoisotopic (exact) mass is 394 g/mol. The predicted molar refractivity (Wildman–Crippen MR) is 109 cm³/mol. The van der Waals surface area contributed by atoms with E-state index in [4.69, 9.17) is 0 Å². The summed E-state index contributed by atoms with van der Waals surface area (Å²) in [5.41, 5.74) is 1.85. The number of rotatable bonds is 4. The number of para-hydroxylation sites is 2. The summed E-state index contributed by atoms with van der Waals surface area (Å²) in [5.74, 6) is 0. The number of nitrogens with zero attached hydrogens (tertiary/aromatic N) is 2. The fourth-order valence-electron chi connectivity index (χ4n) is 3.87. The number of hydrogen-bond acceptors (Lipinski definition) is 4. The van der Waals surface area contributed by atoms with Gasteiger partial charge in [0.1, 0.15) is 0 Å². The van der Waals surface area contributed by atoms with Crippen LogP contribution in [-0.2, 0) is 10.0 Å². The first kappa shape index (κ1) is 19.9. The van der Waals surface area contributed by atoms with Crippen LogP contribution in [0.5, 0.6) is 0 Å². The van der Waals surface area contributed by atoms with Crippen LogP contribution in [0.2, 0.25) is 0 Å². The number of carbonyl (C=O) groups is 1. The van der Waals surface area contributed by atoms with Crippen molar-refractivity contribution in [1.29, 1.82) is 0 Å². The molecule has 2 aliphatic rings. The largest absolute Gasteiger partial charge is 0.370 e. The number of amides is 2. The predicted octanol–water partition coefficient (Wildman–Crippen LogP) is 2.61. The number of carbonyl (C=O) groups excluding carboxylic acids is 1. The van der Waals surface area contributed by atoms with Crippen LogP contribution in [0.3, 0.4) is 0 Å². The van der Waals surface area contributed by atoms with Crippen LogP contribution < -0.4 is 15.5 Å². The number of hydrogen-bond donors (Lipinski definition) is 2. The quantitative estimate of drug-likeness (QED) is 0.822. The van der Waals surface area contributed by atoms with E-state index in [9.17, 15) is 13.2 Å². The highest BCUT2D eigenvalue weighted by atomic mass is 32.2. The lowest BCUT2D eigenvalue weighted by Gasteiger charge is -2.31. The highest BCUT2D eigenvalue weighted by molar-refractivity contribution is 7.88. The van der Waals surface area contributed by atoms with E-state index < -0.39 is 10.0 Å². The number of urea groups is 1. The summed E-state index contributed by atoms with van der Waals surface area (Å²) in [7, 11) is -3.22. The Morgan fingerprint density at radius 1 is 1.04 bits per heavy atom. The van der Waals surface area contributed by atoms with Gasteiger partial charge in [-0.3, -0.25) is 0 Å². The van der Waals surface area contributed by atoms with E-state index in [1.807, 2.05) is 24.3 Å². The molecule has 150 valence electrons. The molecule has 0 saturated carbocycles. The van der Waals surface area contributed by atoms with Crippen molar-refractivity contribution in [3.05, 3.63) is 24.3 Å². The summed E-state index contributed by atoms with van der Waals surface area (Å²) in [6, 6.07) is 7.43. The first-order valence-corrected chi connectivity index (χ1v) is 11.6.